The number of benzene rings is 4. The van der Waals surface area contributed by atoms with Crippen LogP contribution in [0.4, 0.5) is 0 Å². The van der Waals surface area contributed by atoms with Crippen molar-refractivity contribution in [3.8, 4) is 0 Å². The van der Waals surface area contributed by atoms with Gasteiger partial charge < -0.3 is 0 Å². The molecule has 41 heavy (non-hydrogen) atoms. The minimum Gasteiger partial charge on any atom is -0.271 e. The van der Waals surface area contributed by atoms with Crippen molar-refractivity contribution in [1.82, 2.24) is 14.0 Å². The average molecular weight is 589 g/mol. The smallest absolute Gasteiger partial charge is 0.259 e. The molecule has 1 fully saturated rings. The van der Waals surface area contributed by atoms with E-state index >= 15 is 0 Å². The SMILES string of the molecule is O=C(N/N=C\c1ccc2c3c(cccc13)CC2)[C@@H]1CN(S(=O)(=O)c2ccccc2)CCN1S(=O)(=O)c1ccccc1. The second-order valence-electron chi connectivity index (χ2n) is 10.0. The number of hydrazone groups is 1. The molecular formula is C30H28N4O5S2. The Morgan fingerprint density at radius 3 is 2.07 bits per heavy atom. The van der Waals surface area contributed by atoms with Crippen LogP contribution in [-0.2, 0) is 37.7 Å². The van der Waals surface area contributed by atoms with Crippen molar-refractivity contribution >= 4 is 42.9 Å². The maximum atomic E-state index is 13.6. The minimum absolute atomic E-state index is 0.0218. The predicted molar refractivity (Wildman–Crippen MR) is 156 cm³/mol. The number of hydrogen-bond acceptors (Lipinski definition) is 6. The lowest BCUT2D eigenvalue weighted by atomic mass is 10.0. The maximum Gasteiger partial charge on any atom is 0.259 e. The van der Waals surface area contributed by atoms with Crippen LogP contribution in [0.5, 0.6) is 0 Å². The summed E-state index contributed by atoms with van der Waals surface area (Å²) in [6.45, 7) is -0.650. The molecule has 0 spiro atoms. The molecule has 1 N–H and O–H groups in total. The summed E-state index contributed by atoms with van der Waals surface area (Å²) < 4.78 is 56.1. The summed E-state index contributed by atoms with van der Waals surface area (Å²) in [7, 11) is -8.06. The van der Waals surface area contributed by atoms with E-state index in [2.05, 4.69) is 22.7 Å². The molecule has 0 bridgehead atoms. The first-order chi connectivity index (χ1) is 19.8. The van der Waals surface area contributed by atoms with Gasteiger partial charge in [-0.05, 0) is 59.0 Å². The highest BCUT2D eigenvalue weighted by Crippen LogP contribution is 2.32. The number of hydrogen-bond donors (Lipinski definition) is 1. The Hall–Kier alpha value is -3.90. The highest BCUT2D eigenvalue weighted by Gasteiger charge is 2.43. The molecule has 1 aliphatic carbocycles. The molecule has 6 rings (SSSR count). The van der Waals surface area contributed by atoms with Crippen molar-refractivity contribution in [2.24, 2.45) is 5.10 Å². The van der Waals surface area contributed by atoms with E-state index in [1.54, 1.807) is 36.4 Å². The molecule has 1 atom stereocenters. The maximum absolute atomic E-state index is 13.6. The number of rotatable bonds is 7. The topological polar surface area (TPSA) is 116 Å². The molecule has 0 saturated carbocycles. The van der Waals surface area contributed by atoms with Crippen molar-refractivity contribution < 1.29 is 21.6 Å². The zero-order chi connectivity index (χ0) is 28.6. The summed E-state index contributed by atoms with van der Waals surface area (Å²) in [5.41, 5.74) is 5.85. The highest BCUT2D eigenvalue weighted by molar-refractivity contribution is 7.89. The number of carbonyl (C=O) groups is 1. The van der Waals surface area contributed by atoms with E-state index < -0.39 is 32.0 Å². The number of nitrogens with zero attached hydrogens (tertiary/aromatic N) is 3. The van der Waals surface area contributed by atoms with Crippen LogP contribution in [0.1, 0.15) is 16.7 Å². The quantitative estimate of drug-likeness (QED) is 0.263. The summed E-state index contributed by atoms with van der Waals surface area (Å²) in [5.74, 6) is -0.723. The molecule has 0 radical (unpaired) electrons. The van der Waals surface area contributed by atoms with Gasteiger partial charge in [0, 0.05) is 25.2 Å². The Labute approximate surface area is 239 Å². The van der Waals surface area contributed by atoms with Gasteiger partial charge in [0.2, 0.25) is 20.0 Å². The summed E-state index contributed by atoms with van der Waals surface area (Å²) in [4.78, 5) is 13.6. The normalized spacial score (nSPS) is 18.2. The van der Waals surface area contributed by atoms with Gasteiger partial charge in [0.1, 0.15) is 6.04 Å². The van der Waals surface area contributed by atoms with Crippen LogP contribution in [0.25, 0.3) is 10.8 Å². The molecule has 1 aliphatic heterocycles. The van der Waals surface area contributed by atoms with Crippen molar-refractivity contribution in [3.63, 3.8) is 0 Å². The van der Waals surface area contributed by atoms with Crippen LogP contribution < -0.4 is 5.43 Å². The van der Waals surface area contributed by atoms with E-state index in [-0.39, 0.29) is 29.4 Å². The van der Waals surface area contributed by atoms with Crippen LogP contribution in [0, 0.1) is 0 Å². The number of piperazine rings is 1. The minimum atomic E-state index is -4.10. The molecule has 0 unspecified atom stereocenters. The Bertz CT molecular complexity index is 1850. The van der Waals surface area contributed by atoms with Gasteiger partial charge in [0.05, 0.1) is 16.0 Å². The Kier molecular flexibility index (Phi) is 7.20. The fourth-order valence-corrected chi connectivity index (χ4v) is 8.60. The van der Waals surface area contributed by atoms with Gasteiger partial charge in [-0.15, -0.1) is 0 Å². The first-order valence-corrected chi connectivity index (χ1v) is 16.1. The average Bonchev–Trinajstić information content (AvgIpc) is 3.43. The third kappa shape index (κ3) is 5.06. The lowest BCUT2D eigenvalue weighted by Gasteiger charge is -2.38. The van der Waals surface area contributed by atoms with E-state index in [1.165, 1.54) is 47.0 Å². The zero-order valence-corrected chi connectivity index (χ0v) is 23.7. The van der Waals surface area contributed by atoms with Gasteiger partial charge in [-0.3, -0.25) is 4.79 Å². The number of sulfonamides is 2. The molecule has 1 amide bonds. The third-order valence-electron chi connectivity index (χ3n) is 7.62. The second-order valence-corrected chi connectivity index (χ2v) is 13.8. The fraction of sp³-hybridized carbons (Fsp3) is 0.200. The van der Waals surface area contributed by atoms with Crippen LogP contribution in [0.3, 0.4) is 0 Å². The van der Waals surface area contributed by atoms with Crippen LogP contribution in [0.2, 0.25) is 0 Å². The molecule has 1 heterocycles. The van der Waals surface area contributed by atoms with E-state index in [9.17, 15) is 21.6 Å². The lowest BCUT2D eigenvalue weighted by molar-refractivity contribution is -0.125. The predicted octanol–water partition coefficient (Wildman–Crippen LogP) is 3.15. The first kappa shape index (κ1) is 27.3. The number of aryl methyl sites for hydroxylation is 2. The van der Waals surface area contributed by atoms with E-state index in [4.69, 9.17) is 0 Å². The molecule has 4 aromatic rings. The summed E-state index contributed by atoms with van der Waals surface area (Å²) >= 11 is 0. The third-order valence-corrected chi connectivity index (χ3v) is 11.4. The van der Waals surface area contributed by atoms with Gasteiger partial charge in [-0.1, -0.05) is 66.7 Å². The number of amides is 1. The van der Waals surface area contributed by atoms with Gasteiger partial charge >= 0.3 is 0 Å². The highest BCUT2D eigenvalue weighted by atomic mass is 32.2. The molecule has 2 aliphatic rings. The van der Waals surface area contributed by atoms with Gasteiger partial charge in [0.25, 0.3) is 5.91 Å². The Balaban J connectivity index is 1.29. The van der Waals surface area contributed by atoms with Crippen molar-refractivity contribution in [2.75, 3.05) is 19.6 Å². The molecule has 210 valence electrons. The Morgan fingerprint density at radius 2 is 1.39 bits per heavy atom. The van der Waals surface area contributed by atoms with Gasteiger partial charge in [-0.25, -0.2) is 22.3 Å². The van der Waals surface area contributed by atoms with E-state index in [0.717, 1.165) is 32.4 Å². The summed E-state index contributed by atoms with van der Waals surface area (Å²) in [5, 5.41) is 6.40. The number of carbonyl (C=O) groups excluding carboxylic acids is 1. The first-order valence-electron chi connectivity index (χ1n) is 13.3. The second kappa shape index (κ2) is 10.8. The van der Waals surface area contributed by atoms with Gasteiger partial charge in [0.15, 0.2) is 0 Å². The zero-order valence-electron chi connectivity index (χ0n) is 22.0. The Morgan fingerprint density at radius 1 is 0.756 bits per heavy atom. The monoisotopic (exact) mass is 588 g/mol. The lowest BCUT2D eigenvalue weighted by Crippen LogP contribution is -2.60. The van der Waals surface area contributed by atoms with E-state index in [1.807, 2.05) is 18.2 Å². The summed E-state index contributed by atoms with van der Waals surface area (Å²) in [6.07, 6.45) is 3.51. The van der Waals surface area contributed by atoms with Gasteiger partial charge in [-0.2, -0.15) is 13.7 Å². The molecule has 4 aromatic carbocycles. The van der Waals surface area contributed by atoms with Crippen LogP contribution in [0.15, 0.2) is 106 Å². The summed E-state index contributed by atoms with van der Waals surface area (Å²) in [6, 6.07) is 24.5. The van der Waals surface area contributed by atoms with Crippen LogP contribution >= 0.6 is 0 Å². The van der Waals surface area contributed by atoms with Crippen molar-refractivity contribution in [2.45, 2.75) is 28.7 Å². The number of nitrogens with one attached hydrogen (secondary N) is 1. The van der Waals surface area contributed by atoms with Crippen LogP contribution in [-0.4, -0.2) is 63.2 Å². The largest absolute Gasteiger partial charge is 0.271 e. The van der Waals surface area contributed by atoms with E-state index in [0.29, 0.717) is 0 Å². The molecule has 11 heteroatoms. The molecular weight excluding hydrogens is 560 g/mol. The standard InChI is InChI=1S/C30H28N4O5S2/c35-30(32-31-20-24-17-16-23-15-14-22-8-7-13-27(24)29(22)23)28-21-33(40(36,37)25-9-3-1-4-10-25)18-19-34(28)41(38,39)26-11-5-2-6-12-26/h1-13,16-17,20,28H,14-15,18-19,21H2,(H,32,35)/b31-20-/t28-/m0/s1. The fourth-order valence-electron chi connectivity index (χ4n) is 5.55. The molecule has 0 aromatic heterocycles. The molecule has 9 nitrogen and oxygen atoms in total. The van der Waals surface area contributed by atoms with Crippen molar-refractivity contribution in [1.29, 1.82) is 0 Å². The van der Waals surface area contributed by atoms with Crippen molar-refractivity contribution in [3.05, 3.63) is 108 Å². The molecule has 1 saturated heterocycles.